The second-order valence-corrected chi connectivity index (χ2v) is 7.98. The summed E-state index contributed by atoms with van der Waals surface area (Å²) in [6.07, 6.45) is 0.780. The maximum atomic E-state index is 10.9. The van der Waals surface area contributed by atoms with E-state index >= 15 is 0 Å². The lowest BCUT2D eigenvalue weighted by molar-refractivity contribution is -0.136. The summed E-state index contributed by atoms with van der Waals surface area (Å²) in [4.78, 5) is 16.4. The number of oxime groups is 1. The fourth-order valence-electron chi connectivity index (χ4n) is 3.32. The van der Waals surface area contributed by atoms with E-state index in [0.29, 0.717) is 30.4 Å². The molecular formula is C27H29NO4. The lowest BCUT2D eigenvalue weighted by Crippen LogP contribution is -2.09. The van der Waals surface area contributed by atoms with Gasteiger partial charge in [0.25, 0.3) is 0 Å². The maximum absolute atomic E-state index is 10.9. The lowest BCUT2D eigenvalue weighted by atomic mass is 9.98. The molecule has 0 atom stereocenters. The SMILES string of the molecule is CC(C)C/C(=N\OCCOc1cccc(CC(=O)O)c1)c1ccc(-c2ccccc2)cc1. The van der Waals surface area contributed by atoms with Crippen LogP contribution in [0.4, 0.5) is 0 Å². The summed E-state index contributed by atoms with van der Waals surface area (Å²) in [5, 5.41) is 13.3. The van der Waals surface area contributed by atoms with Crippen LogP contribution >= 0.6 is 0 Å². The van der Waals surface area contributed by atoms with Gasteiger partial charge >= 0.3 is 5.97 Å². The molecule has 5 nitrogen and oxygen atoms in total. The van der Waals surface area contributed by atoms with Gasteiger partial charge in [0.1, 0.15) is 12.4 Å². The molecule has 0 aromatic heterocycles. The second-order valence-electron chi connectivity index (χ2n) is 7.98. The van der Waals surface area contributed by atoms with Crippen molar-refractivity contribution in [3.8, 4) is 16.9 Å². The summed E-state index contributed by atoms with van der Waals surface area (Å²) in [6, 6.07) is 25.7. The normalized spacial score (nSPS) is 11.4. The van der Waals surface area contributed by atoms with Crippen molar-refractivity contribution in [3.63, 3.8) is 0 Å². The molecule has 3 rings (SSSR count). The van der Waals surface area contributed by atoms with Crippen molar-refractivity contribution < 1.29 is 19.5 Å². The molecule has 0 spiro atoms. The highest BCUT2D eigenvalue weighted by molar-refractivity contribution is 6.00. The van der Waals surface area contributed by atoms with E-state index in [-0.39, 0.29) is 6.42 Å². The number of hydrogen-bond donors (Lipinski definition) is 1. The van der Waals surface area contributed by atoms with Gasteiger partial charge in [0.2, 0.25) is 0 Å². The fraction of sp³-hybridized carbons (Fsp3) is 0.259. The van der Waals surface area contributed by atoms with E-state index in [2.05, 4.69) is 55.4 Å². The zero-order chi connectivity index (χ0) is 22.8. The van der Waals surface area contributed by atoms with Gasteiger partial charge in [-0.05, 0) is 46.7 Å². The smallest absolute Gasteiger partial charge is 0.307 e. The second kappa shape index (κ2) is 11.7. The summed E-state index contributed by atoms with van der Waals surface area (Å²) >= 11 is 0. The molecule has 3 aromatic rings. The van der Waals surface area contributed by atoms with Crippen LogP contribution in [0, 0.1) is 5.92 Å². The molecule has 0 fully saturated rings. The van der Waals surface area contributed by atoms with Crippen molar-refractivity contribution in [2.75, 3.05) is 13.2 Å². The highest BCUT2D eigenvalue weighted by Gasteiger charge is 2.09. The minimum atomic E-state index is -0.866. The van der Waals surface area contributed by atoms with Gasteiger partial charge < -0.3 is 14.7 Å². The third-order valence-electron chi connectivity index (χ3n) is 4.80. The number of carbonyl (C=O) groups is 1. The Labute approximate surface area is 189 Å². The van der Waals surface area contributed by atoms with Gasteiger partial charge in [-0.25, -0.2) is 0 Å². The molecule has 3 aromatic carbocycles. The number of hydrogen-bond acceptors (Lipinski definition) is 4. The van der Waals surface area contributed by atoms with Crippen LogP contribution in [0.15, 0.2) is 84.0 Å². The molecule has 5 heteroatoms. The lowest BCUT2D eigenvalue weighted by Gasteiger charge is -2.11. The van der Waals surface area contributed by atoms with Crippen molar-refractivity contribution in [2.45, 2.75) is 26.7 Å². The van der Waals surface area contributed by atoms with E-state index in [1.807, 2.05) is 18.2 Å². The minimum Gasteiger partial charge on any atom is -0.490 e. The van der Waals surface area contributed by atoms with Crippen molar-refractivity contribution in [1.29, 1.82) is 0 Å². The number of aliphatic carboxylic acids is 1. The molecule has 0 bridgehead atoms. The monoisotopic (exact) mass is 431 g/mol. The van der Waals surface area contributed by atoms with E-state index in [0.717, 1.165) is 23.3 Å². The number of ether oxygens (including phenoxy) is 1. The Morgan fingerprint density at radius 3 is 2.31 bits per heavy atom. The molecule has 0 aliphatic carbocycles. The minimum absolute atomic E-state index is 0.0282. The van der Waals surface area contributed by atoms with Crippen LogP contribution in [-0.2, 0) is 16.1 Å². The maximum Gasteiger partial charge on any atom is 0.307 e. The summed E-state index contributed by atoms with van der Waals surface area (Å²) in [5.41, 5.74) is 5.00. The first-order valence-corrected chi connectivity index (χ1v) is 10.8. The molecule has 0 radical (unpaired) electrons. The predicted octanol–water partition coefficient (Wildman–Crippen LogP) is 5.83. The highest BCUT2D eigenvalue weighted by atomic mass is 16.6. The molecule has 0 saturated heterocycles. The predicted molar refractivity (Wildman–Crippen MR) is 127 cm³/mol. The van der Waals surface area contributed by atoms with Gasteiger partial charge in [-0.1, -0.05) is 85.7 Å². The van der Waals surface area contributed by atoms with Crippen molar-refractivity contribution in [3.05, 3.63) is 90.0 Å². The molecule has 32 heavy (non-hydrogen) atoms. The Hall–Kier alpha value is -3.60. The van der Waals surface area contributed by atoms with E-state index < -0.39 is 5.97 Å². The molecule has 0 saturated carbocycles. The van der Waals surface area contributed by atoms with E-state index in [4.69, 9.17) is 14.7 Å². The van der Waals surface area contributed by atoms with Crippen LogP contribution in [-0.4, -0.2) is 30.0 Å². The average Bonchev–Trinajstić information content (AvgIpc) is 2.78. The Morgan fingerprint density at radius 1 is 0.906 bits per heavy atom. The van der Waals surface area contributed by atoms with Crippen molar-refractivity contribution in [2.24, 2.45) is 11.1 Å². The van der Waals surface area contributed by atoms with Crippen molar-refractivity contribution in [1.82, 2.24) is 0 Å². The van der Waals surface area contributed by atoms with E-state index in [1.54, 1.807) is 24.3 Å². The summed E-state index contributed by atoms with van der Waals surface area (Å²) < 4.78 is 5.67. The standard InChI is InChI=1S/C27H29NO4/c1-20(2)17-26(24-13-11-23(12-14-24)22-8-4-3-5-9-22)28-32-16-15-31-25-10-6-7-21(18-25)19-27(29)30/h3-14,18,20H,15-17,19H2,1-2H3,(H,29,30)/b28-26+. The quantitative estimate of drug-likeness (QED) is 0.236. The van der Waals surface area contributed by atoms with Crippen molar-refractivity contribution >= 4 is 11.7 Å². The molecule has 0 aliphatic heterocycles. The van der Waals surface area contributed by atoms with Gasteiger partial charge in [-0.2, -0.15) is 0 Å². The fourth-order valence-corrected chi connectivity index (χ4v) is 3.32. The van der Waals surface area contributed by atoms with Gasteiger partial charge in [-0.3, -0.25) is 4.79 Å². The summed E-state index contributed by atoms with van der Waals surface area (Å²) in [5.74, 6) is 0.198. The van der Waals surface area contributed by atoms with Crippen LogP contribution in [0.25, 0.3) is 11.1 Å². The first kappa shape index (κ1) is 23.1. The number of carboxylic acid groups (broad SMARTS) is 1. The third kappa shape index (κ3) is 7.27. The summed E-state index contributed by atoms with van der Waals surface area (Å²) in [7, 11) is 0. The molecule has 0 unspecified atom stereocenters. The Kier molecular flexibility index (Phi) is 8.44. The topological polar surface area (TPSA) is 68.1 Å². The van der Waals surface area contributed by atoms with Gasteiger partial charge in [0.05, 0.1) is 12.1 Å². The van der Waals surface area contributed by atoms with Gasteiger partial charge in [-0.15, -0.1) is 0 Å². The third-order valence-corrected chi connectivity index (χ3v) is 4.80. The zero-order valence-corrected chi connectivity index (χ0v) is 18.5. The highest BCUT2D eigenvalue weighted by Crippen LogP contribution is 2.21. The number of rotatable bonds is 11. The van der Waals surface area contributed by atoms with Crippen LogP contribution < -0.4 is 4.74 Å². The zero-order valence-electron chi connectivity index (χ0n) is 18.5. The molecule has 1 N–H and O–H groups in total. The molecular weight excluding hydrogens is 402 g/mol. The number of nitrogens with zero attached hydrogens (tertiary/aromatic N) is 1. The summed E-state index contributed by atoms with van der Waals surface area (Å²) in [6.45, 7) is 4.93. The van der Waals surface area contributed by atoms with Crippen LogP contribution in [0.3, 0.4) is 0 Å². The molecule has 0 heterocycles. The largest absolute Gasteiger partial charge is 0.490 e. The number of carboxylic acids is 1. The Morgan fingerprint density at radius 2 is 1.62 bits per heavy atom. The number of benzene rings is 3. The van der Waals surface area contributed by atoms with E-state index in [9.17, 15) is 4.79 Å². The van der Waals surface area contributed by atoms with Gasteiger partial charge in [0.15, 0.2) is 6.61 Å². The molecule has 0 amide bonds. The van der Waals surface area contributed by atoms with Gasteiger partial charge in [0, 0.05) is 0 Å². The van der Waals surface area contributed by atoms with Crippen LogP contribution in [0.1, 0.15) is 31.4 Å². The first-order valence-electron chi connectivity index (χ1n) is 10.8. The average molecular weight is 432 g/mol. The Balaban J connectivity index is 1.58. The molecule has 0 aliphatic rings. The Bertz CT molecular complexity index is 1030. The van der Waals surface area contributed by atoms with Crippen LogP contribution in [0.5, 0.6) is 5.75 Å². The first-order chi connectivity index (χ1) is 15.5. The van der Waals surface area contributed by atoms with Crippen LogP contribution in [0.2, 0.25) is 0 Å². The molecule has 166 valence electrons. The van der Waals surface area contributed by atoms with E-state index in [1.165, 1.54) is 5.56 Å².